The lowest BCUT2D eigenvalue weighted by Gasteiger charge is -2.13. The summed E-state index contributed by atoms with van der Waals surface area (Å²) in [5, 5.41) is 8.36. The second-order valence-electron chi connectivity index (χ2n) is 3.20. The van der Waals surface area contributed by atoms with Gasteiger partial charge in [0.1, 0.15) is 19.0 Å². The van der Waals surface area contributed by atoms with Crippen molar-refractivity contribution in [1.29, 1.82) is 5.26 Å². The van der Waals surface area contributed by atoms with Crippen LogP contribution in [0.1, 0.15) is 5.56 Å². The number of nitriles is 1. The summed E-state index contributed by atoms with van der Waals surface area (Å²) >= 11 is 0. The first-order valence-corrected chi connectivity index (χ1v) is 4.63. The maximum atomic E-state index is 12.6. The van der Waals surface area contributed by atoms with Gasteiger partial charge >= 0.3 is 6.09 Å². The predicted molar refractivity (Wildman–Crippen MR) is 54.8 cm³/mol. The molecular weight excluding hydrogens is 211 g/mol. The third-order valence-corrected chi connectivity index (χ3v) is 1.90. The number of carbonyl (C=O) groups excluding carboxylic acids is 1. The minimum atomic E-state index is -0.578. The first-order valence-electron chi connectivity index (χ1n) is 4.63. The van der Waals surface area contributed by atoms with Crippen LogP contribution in [0.2, 0.25) is 0 Å². The van der Waals surface area contributed by atoms with Crippen LogP contribution in [-0.2, 0) is 11.3 Å². The molecule has 0 unspecified atom stereocenters. The van der Waals surface area contributed by atoms with Crippen molar-refractivity contribution < 1.29 is 13.9 Å². The number of rotatable bonds is 3. The summed E-state index contributed by atoms with van der Waals surface area (Å²) in [7, 11) is 1.47. The Morgan fingerprint density at radius 1 is 1.50 bits per heavy atom. The molecule has 0 saturated carbocycles. The highest BCUT2D eigenvalue weighted by Gasteiger charge is 2.08. The van der Waals surface area contributed by atoms with E-state index in [1.54, 1.807) is 0 Å². The third-order valence-electron chi connectivity index (χ3n) is 1.90. The quantitative estimate of drug-likeness (QED) is 0.734. The van der Waals surface area contributed by atoms with Crippen LogP contribution >= 0.6 is 0 Å². The van der Waals surface area contributed by atoms with Gasteiger partial charge in [-0.3, -0.25) is 4.90 Å². The molecule has 0 fully saturated rings. The number of hydrogen-bond donors (Lipinski definition) is 0. The lowest BCUT2D eigenvalue weighted by atomic mass is 10.2. The number of amides is 1. The van der Waals surface area contributed by atoms with Gasteiger partial charge in [0.25, 0.3) is 0 Å². The van der Waals surface area contributed by atoms with Crippen LogP contribution in [0.15, 0.2) is 24.3 Å². The van der Waals surface area contributed by atoms with Gasteiger partial charge in [-0.1, -0.05) is 12.1 Å². The van der Waals surface area contributed by atoms with Crippen molar-refractivity contribution in [2.45, 2.75) is 6.61 Å². The largest absolute Gasteiger partial charge is 0.445 e. The highest BCUT2D eigenvalue weighted by atomic mass is 19.1. The van der Waals surface area contributed by atoms with E-state index in [0.29, 0.717) is 5.56 Å². The van der Waals surface area contributed by atoms with E-state index in [-0.39, 0.29) is 19.0 Å². The molecule has 0 radical (unpaired) electrons. The van der Waals surface area contributed by atoms with E-state index >= 15 is 0 Å². The minimum absolute atomic E-state index is 0.0255. The molecule has 0 aliphatic rings. The molecule has 84 valence electrons. The number of hydrogen-bond acceptors (Lipinski definition) is 3. The lowest BCUT2D eigenvalue weighted by Crippen LogP contribution is -2.27. The molecule has 0 bridgehead atoms. The van der Waals surface area contributed by atoms with E-state index in [2.05, 4.69) is 0 Å². The fourth-order valence-electron chi connectivity index (χ4n) is 1.01. The first-order chi connectivity index (χ1) is 7.63. The van der Waals surface area contributed by atoms with E-state index in [4.69, 9.17) is 10.00 Å². The summed E-state index contributed by atoms with van der Waals surface area (Å²) in [5.41, 5.74) is 0.695. The molecule has 4 nitrogen and oxygen atoms in total. The van der Waals surface area contributed by atoms with Gasteiger partial charge in [-0.25, -0.2) is 9.18 Å². The van der Waals surface area contributed by atoms with E-state index in [0.717, 1.165) is 4.90 Å². The van der Waals surface area contributed by atoms with Crippen LogP contribution in [-0.4, -0.2) is 24.6 Å². The number of ether oxygens (including phenoxy) is 1. The maximum absolute atomic E-state index is 12.6. The van der Waals surface area contributed by atoms with Crippen molar-refractivity contribution in [2.75, 3.05) is 13.6 Å². The number of benzene rings is 1. The molecule has 1 aromatic carbocycles. The summed E-state index contributed by atoms with van der Waals surface area (Å²) in [6, 6.07) is 7.49. The first kappa shape index (κ1) is 12.0. The monoisotopic (exact) mass is 222 g/mol. The molecular formula is C11H11FN2O2. The Hall–Kier alpha value is -2.09. The van der Waals surface area contributed by atoms with Crippen molar-refractivity contribution in [3.05, 3.63) is 35.6 Å². The molecule has 0 aliphatic heterocycles. The van der Waals surface area contributed by atoms with Gasteiger partial charge in [0.2, 0.25) is 0 Å². The highest BCUT2D eigenvalue weighted by molar-refractivity contribution is 5.67. The van der Waals surface area contributed by atoms with Crippen molar-refractivity contribution in [2.24, 2.45) is 0 Å². The zero-order valence-corrected chi connectivity index (χ0v) is 8.81. The molecule has 0 heterocycles. The van der Waals surface area contributed by atoms with Crippen molar-refractivity contribution in [1.82, 2.24) is 4.90 Å². The Balaban J connectivity index is 2.43. The summed E-state index contributed by atoms with van der Waals surface area (Å²) < 4.78 is 17.5. The van der Waals surface area contributed by atoms with Gasteiger partial charge in [0.15, 0.2) is 0 Å². The Morgan fingerprint density at radius 2 is 2.12 bits per heavy atom. The Labute approximate surface area is 92.8 Å². The Morgan fingerprint density at radius 3 is 2.69 bits per heavy atom. The molecule has 1 amide bonds. The summed E-state index contributed by atoms with van der Waals surface area (Å²) in [6.45, 7) is 0.0388. The van der Waals surface area contributed by atoms with Gasteiger partial charge in [-0.05, 0) is 17.7 Å². The fraction of sp³-hybridized carbons (Fsp3) is 0.273. The van der Waals surface area contributed by atoms with Crippen LogP contribution in [0.25, 0.3) is 0 Å². The summed E-state index contributed by atoms with van der Waals surface area (Å²) in [6.07, 6.45) is -0.578. The molecule has 0 saturated heterocycles. The van der Waals surface area contributed by atoms with Gasteiger partial charge in [0, 0.05) is 7.05 Å². The number of halogens is 1. The normalized spacial score (nSPS) is 9.31. The van der Waals surface area contributed by atoms with Crippen LogP contribution < -0.4 is 0 Å². The highest BCUT2D eigenvalue weighted by Crippen LogP contribution is 2.05. The van der Waals surface area contributed by atoms with Gasteiger partial charge in [-0.15, -0.1) is 0 Å². The molecule has 0 atom stereocenters. The van der Waals surface area contributed by atoms with E-state index in [1.807, 2.05) is 6.07 Å². The van der Waals surface area contributed by atoms with Gasteiger partial charge in [-0.2, -0.15) is 5.26 Å². The Bertz CT molecular complexity index is 397. The molecule has 5 heteroatoms. The van der Waals surface area contributed by atoms with Crippen LogP contribution in [0.3, 0.4) is 0 Å². The van der Waals surface area contributed by atoms with E-state index < -0.39 is 6.09 Å². The average molecular weight is 222 g/mol. The smallest absolute Gasteiger partial charge is 0.410 e. The maximum Gasteiger partial charge on any atom is 0.410 e. The molecule has 0 N–H and O–H groups in total. The molecule has 1 rings (SSSR count). The molecule has 0 spiro atoms. The predicted octanol–water partition coefficient (Wildman–Crippen LogP) is 1.92. The molecule has 16 heavy (non-hydrogen) atoms. The van der Waals surface area contributed by atoms with Crippen LogP contribution in [0.5, 0.6) is 0 Å². The van der Waals surface area contributed by atoms with Crippen molar-refractivity contribution >= 4 is 6.09 Å². The summed E-state index contributed by atoms with van der Waals surface area (Å²) in [5.74, 6) is -0.336. The lowest BCUT2D eigenvalue weighted by molar-refractivity contribution is 0.108. The molecule has 0 aliphatic carbocycles. The second kappa shape index (κ2) is 5.71. The Kier molecular flexibility index (Phi) is 4.28. The van der Waals surface area contributed by atoms with Crippen molar-refractivity contribution in [3.8, 4) is 6.07 Å². The zero-order chi connectivity index (χ0) is 12.0. The number of nitrogens with zero attached hydrogens (tertiary/aromatic N) is 2. The van der Waals surface area contributed by atoms with E-state index in [1.165, 1.54) is 31.3 Å². The van der Waals surface area contributed by atoms with E-state index in [9.17, 15) is 9.18 Å². The number of carbonyl (C=O) groups is 1. The minimum Gasteiger partial charge on any atom is -0.445 e. The van der Waals surface area contributed by atoms with Crippen molar-refractivity contribution in [3.63, 3.8) is 0 Å². The fourth-order valence-corrected chi connectivity index (χ4v) is 1.01. The standard InChI is InChI=1S/C11H11FN2O2/c1-14(7-6-13)11(15)16-8-9-2-4-10(12)5-3-9/h2-5H,7-8H2,1H3. The molecule has 0 aromatic heterocycles. The van der Waals surface area contributed by atoms with Gasteiger partial charge in [0.05, 0.1) is 6.07 Å². The van der Waals surface area contributed by atoms with Gasteiger partial charge < -0.3 is 4.74 Å². The average Bonchev–Trinajstić information content (AvgIpc) is 2.28. The van der Waals surface area contributed by atoms with Crippen LogP contribution in [0, 0.1) is 17.1 Å². The topological polar surface area (TPSA) is 53.3 Å². The molecule has 1 aromatic rings. The SMILES string of the molecule is CN(CC#N)C(=O)OCc1ccc(F)cc1. The third kappa shape index (κ3) is 3.58. The second-order valence-corrected chi connectivity index (χ2v) is 3.20. The zero-order valence-electron chi connectivity index (χ0n) is 8.81. The van der Waals surface area contributed by atoms with Crippen LogP contribution in [0.4, 0.5) is 9.18 Å². The summed E-state index contributed by atoms with van der Waals surface area (Å²) in [4.78, 5) is 12.4.